The van der Waals surface area contributed by atoms with Gasteiger partial charge in [0.2, 0.25) is 0 Å². The van der Waals surface area contributed by atoms with Crippen molar-refractivity contribution in [1.29, 1.82) is 0 Å². The van der Waals surface area contributed by atoms with Gasteiger partial charge in [-0.2, -0.15) is 0 Å². The zero-order valence-electron chi connectivity index (χ0n) is 10.2. The summed E-state index contributed by atoms with van der Waals surface area (Å²) in [5, 5.41) is 2.88. The number of ketones is 1. The van der Waals surface area contributed by atoms with E-state index in [4.69, 9.17) is 5.73 Å². The van der Waals surface area contributed by atoms with Gasteiger partial charge in [-0.05, 0) is 19.8 Å². The molecule has 3 nitrogen and oxygen atoms in total. The van der Waals surface area contributed by atoms with Crippen LogP contribution >= 0.6 is 11.3 Å². The summed E-state index contributed by atoms with van der Waals surface area (Å²) in [7, 11) is 0. The lowest BCUT2D eigenvalue weighted by molar-refractivity contribution is -0.128. The van der Waals surface area contributed by atoms with Crippen molar-refractivity contribution in [1.82, 2.24) is 4.98 Å². The Morgan fingerprint density at radius 2 is 2.12 bits per heavy atom. The van der Waals surface area contributed by atoms with E-state index in [1.54, 1.807) is 11.3 Å². The molecule has 0 fully saturated rings. The van der Waals surface area contributed by atoms with E-state index in [0.717, 1.165) is 23.5 Å². The number of carbonyl (C=O) groups excluding carboxylic acids is 1. The van der Waals surface area contributed by atoms with Crippen LogP contribution in [0.3, 0.4) is 0 Å². The maximum atomic E-state index is 12.2. The van der Waals surface area contributed by atoms with Crippen LogP contribution < -0.4 is 5.73 Å². The van der Waals surface area contributed by atoms with Gasteiger partial charge in [0.1, 0.15) is 10.8 Å². The van der Waals surface area contributed by atoms with E-state index in [2.05, 4.69) is 4.98 Å². The molecule has 0 spiro atoms. The highest BCUT2D eigenvalue weighted by Gasteiger charge is 2.33. The first-order valence-corrected chi connectivity index (χ1v) is 6.60. The fourth-order valence-corrected chi connectivity index (χ4v) is 2.63. The predicted octanol–water partition coefficient (Wildman–Crippen LogP) is 2.33. The van der Waals surface area contributed by atoms with E-state index in [0.29, 0.717) is 13.0 Å². The highest BCUT2D eigenvalue weighted by molar-refractivity contribution is 7.09. The summed E-state index contributed by atoms with van der Waals surface area (Å²) >= 11 is 1.55. The number of rotatable bonds is 6. The first-order valence-electron chi connectivity index (χ1n) is 5.72. The zero-order valence-corrected chi connectivity index (χ0v) is 11.1. The van der Waals surface area contributed by atoms with Gasteiger partial charge in [0.15, 0.2) is 0 Å². The summed E-state index contributed by atoms with van der Waals surface area (Å²) in [5.74, 6) is 0.231. The van der Waals surface area contributed by atoms with Crippen molar-refractivity contribution in [2.75, 3.05) is 6.54 Å². The maximum Gasteiger partial charge on any atom is 0.147 e. The molecule has 16 heavy (non-hydrogen) atoms. The second kappa shape index (κ2) is 5.55. The number of hydrogen-bond donors (Lipinski definition) is 1. The van der Waals surface area contributed by atoms with Crippen LogP contribution in [0.15, 0.2) is 5.38 Å². The van der Waals surface area contributed by atoms with E-state index >= 15 is 0 Å². The number of carbonyl (C=O) groups is 1. The summed E-state index contributed by atoms with van der Waals surface area (Å²) in [6.45, 7) is 6.44. The van der Waals surface area contributed by atoms with Crippen LogP contribution in [0.1, 0.15) is 37.4 Å². The molecule has 1 aromatic rings. The average Bonchev–Trinajstić information content (AvgIpc) is 2.67. The van der Waals surface area contributed by atoms with Crippen molar-refractivity contribution < 1.29 is 4.79 Å². The summed E-state index contributed by atoms with van der Waals surface area (Å²) < 4.78 is 0. The minimum Gasteiger partial charge on any atom is -0.329 e. The molecule has 1 aromatic heterocycles. The molecule has 0 saturated heterocycles. The Morgan fingerprint density at radius 1 is 1.50 bits per heavy atom. The fourth-order valence-electron chi connectivity index (χ4n) is 1.86. The third-order valence-corrected chi connectivity index (χ3v) is 4.28. The molecule has 0 aliphatic heterocycles. The van der Waals surface area contributed by atoms with Crippen molar-refractivity contribution in [3.63, 3.8) is 0 Å². The lowest BCUT2D eigenvalue weighted by Gasteiger charge is -2.27. The Hall–Kier alpha value is -0.740. The second-order valence-electron chi connectivity index (χ2n) is 4.17. The zero-order chi connectivity index (χ0) is 12.2. The van der Waals surface area contributed by atoms with Crippen molar-refractivity contribution in [3.8, 4) is 0 Å². The molecular weight excluding hydrogens is 220 g/mol. The van der Waals surface area contributed by atoms with Gasteiger partial charge in [0, 0.05) is 23.0 Å². The number of hydrogen-bond acceptors (Lipinski definition) is 4. The van der Waals surface area contributed by atoms with Crippen LogP contribution in [0.4, 0.5) is 0 Å². The third-order valence-electron chi connectivity index (χ3n) is 3.31. The lowest BCUT2D eigenvalue weighted by atomic mass is 9.77. The first-order chi connectivity index (χ1) is 7.57. The number of nitrogens with zero attached hydrogens (tertiary/aromatic N) is 1. The van der Waals surface area contributed by atoms with Crippen LogP contribution in [0, 0.1) is 12.3 Å². The van der Waals surface area contributed by atoms with E-state index < -0.39 is 0 Å². The smallest absolute Gasteiger partial charge is 0.147 e. The van der Waals surface area contributed by atoms with Crippen molar-refractivity contribution in [3.05, 3.63) is 16.1 Å². The van der Waals surface area contributed by atoms with Crippen molar-refractivity contribution in [2.24, 2.45) is 11.1 Å². The number of thiazole rings is 1. The molecule has 0 bridgehead atoms. The molecule has 0 aliphatic carbocycles. The predicted molar refractivity (Wildman–Crippen MR) is 67.6 cm³/mol. The Balaban J connectivity index is 2.77. The summed E-state index contributed by atoms with van der Waals surface area (Å²) in [4.78, 5) is 16.5. The molecular formula is C12H20N2OS. The molecule has 1 rings (SSSR count). The van der Waals surface area contributed by atoms with Gasteiger partial charge in [-0.3, -0.25) is 4.79 Å². The summed E-state index contributed by atoms with van der Waals surface area (Å²) in [6, 6.07) is 0. The summed E-state index contributed by atoms with van der Waals surface area (Å²) in [6.07, 6.45) is 2.05. The maximum absolute atomic E-state index is 12.2. The third kappa shape index (κ3) is 2.68. The Labute approximate surface area is 101 Å². The van der Waals surface area contributed by atoms with Crippen LogP contribution in [-0.2, 0) is 11.2 Å². The van der Waals surface area contributed by atoms with E-state index in [1.807, 2.05) is 26.2 Å². The van der Waals surface area contributed by atoms with Gasteiger partial charge in [-0.15, -0.1) is 11.3 Å². The second-order valence-corrected chi connectivity index (χ2v) is 5.12. The highest BCUT2D eigenvalue weighted by Crippen LogP contribution is 2.28. The Bertz CT molecular complexity index is 347. The van der Waals surface area contributed by atoms with E-state index in [9.17, 15) is 4.79 Å². The largest absolute Gasteiger partial charge is 0.329 e. The highest BCUT2D eigenvalue weighted by atomic mass is 32.1. The SMILES string of the molecule is CCC(CC)(CN)C(=O)Cc1nc(C)cs1. The Morgan fingerprint density at radius 3 is 2.50 bits per heavy atom. The number of nitrogens with two attached hydrogens (primary N) is 1. The number of aromatic nitrogens is 1. The van der Waals surface area contributed by atoms with Gasteiger partial charge in [0.05, 0.1) is 6.42 Å². The Kier molecular flexibility index (Phi) is 4.62. The molecule has 0 aliphatic rings. The topological polar surface area (TPSA) is 56.0 Å². The molecule has 0 saturated carbocycles. The normalized spacial score (nSPS) is 11.8. The van der Waals surface area contributed by atoms with Crippen molar-refractivity contribution in [2.45, 2.75) is 40.0 Å². The quantitative estimate of drug-likeness (QED) is 0.830. The first kappa shape index (κ1) is 13.3. The van der Waals surface area contributed by atoms with Gasteiger partial charge in [0.25, 0.3) is 0 Å². The van der Waals surface area contributed by atoms with Crippen LogP contribution in [0.2, 0.25) is 0 Å². The lowest BCUT2D eigenvalue weighted by Crippen LogP contribution is -2.38. The van der Waals surface area contributed by atoms with Crippen molar-refractivity contribution >= 4 is 17.1 Å². The molecule has 0 unspecified atom stereocenters. The molecule has 0 radical (unpaired) electrons. The minimum absolute atomic E-state index is 0.231. The molecule has 0 amide bonds. The summed E-state index contributed by atoms with van der Waals surface area (Å²) in [5.41, 5.74) is 6.39. The molecule has 4 heteroatoms. The van der Waals surface area contributed by atoms with Gasteiger partial charge < -0.3 is 5.73 Å². The number of Topliss-reactive ketones (excluding diaryl/α,β-unsaturated/α-hetero) is 1. The molecule has 0 atom stereocenters. The molecule has 2 N–H and O–H groups in total. The van der Waals surface area contributed by atoms with E-state index in [-0.39, 0.29) is 11.2 Å². The van der Waals surface area contributed by atoms with Crippen LogP contribution in [0.5, 0.6) is 0 Å². The monoisotopic (exact) mass is 240 g/mol. The van der Waals surface area contributed by atoms with Gasteiger partial charge in [-0.25, -0.2) is 4.98 Å². The van der Waals surface area contributed by atoms with E-state index in [1.165, 1.54) is 0 Å². The van der Waals surface area contributed by atoms with Crippen LogP contribution in [0.25, 0.3) is 0 Å². The average molecular weight is 240 g/mol. The molecule has 90 valence electrons. The van der Waals surface area contributed by atoms with Gasteiger partial charge in [-0.1, -0.05) is 13.8 Å². The van der Waals surface area contributed by atoms with Gasteiger partial charge >= 0.3 is 0 Å². The molecule has 1 heterocycles. The fraction of sp³-hybridized carbons (Fsp3) is 0.667. The standard InChI is InChI=1S/C12H20N2OS/c1-4-12(5-2,8-13)10(15)6-11-14-9(3)7-16-11/h7H,4-6,8,13H2,1-3H3. The number of aryl methyl sites for hydroxylation is 1. The minimum atomic E-state index is -0.348. The van der Waals surface area contributed by atoms with Crippen LogP contribution in [-0.4, -0.2) is 17.3 Å². The molecule has 0 aromatic carbocycles.